The molecule has 0 aromatic carbocycles. The van der Waals surface area contributed by atoms with Crippen molar-refractivity contribution >= 4 is 5.95 Å². The van der Waals surface area contributed by atoms with E-state index in [1.54, 1.807) is 6.92 Å². The molecule has 2 atom stereocenters. The number of alkyl halides is 5. The minimum atomic E-state index is -4.62. The maximum Gasteiger partial charge on any atom is 0.423 e. The number of nitrogens with one attached hydrogen (secondary N) is 2. The molecule has 1 saturated heterocycles. The third kappa shape index (κ3) is 4.40. The quantitative estimate of drug-likeness (QED) is 0.825. The molecule has 1 aromatic rings. The average molecular weight is 340 g/mol. The van der Waals surface area contributed by atoms with Crippen molar-refractivity contribution in [2.24, 2.45) is 5.92 Å². The van der Waals surface area contributed by atoms with Gasteiger partial charge in [-0.3, -0.25) is 0 Å². The van der Waals surface area contributed by atoms with Crippen LogP contribution < -0.4 is 15.4 Å². The first-order chi connectivity index (χ1) is 10.6. The van der Waals surface area contributed by atoms with Gasteiger partial charge in [-0.2, -0.15) is 18.2 Å². The lowest BCUT2D eigenvalue weighted by Gasteiger charge is -2.35. The van der Waals surface area contributed by atoms with Crippen molar-refractivity contribution < 1.29 is 26.7 Å². The number of ether oxygens (including phenoxy) is 1. The Hall–Kier alpha value is -1.71. The number of anilines is 1. The number of aromatic nitrogens is 2. The number of hydrogen-bond acceptors (Lipinski definition) is 5. The van der Waals surface area contributed by atoms with Crippen molar-refractivity contribution in [1.82, 2.24) is 15.3 Å². The molecule has 23 heavy (non-hydrogen) atoms. The van der Waals surface area contributed by atoms with Gasteiger partial charge in [-0.05, 0) is 5.92 Å². The topological polar surface area (TPSA) is 59.1 Å². The molecule has 0 amide bonds. The summed E-state index contributed by atoms with van der Waals surface area (Å²) in [7, 11) is 1.08. The molecule has 1 aliphatic heterocycles. The Morgan fingerprint density at radius 2 is 2.13 bits per heavy atom. The summed E-state index contributed by atoms with van der Waals surface area (Å²) in [5.41, 5.74) is -1.07. The molecule has 5 nitrogen and oxygen atoms in total. The molecule has 0 bridgehead atoms. The molecule has 1 fully saturated rings. The van der Waals surface area contributed by atoms with Gasteiger partial charge in [-0.15, -0.1) is 0 Å². The minimum absolute atomic E-state index is 0.0545. The first-order valence-electron chi connectivity index (χ1n) is 6.96. The predicted octanol–water partition coefficient (Wildman–Crippen LogP) is 2.55. The highest BCUT2D eigenvalue weighted by atomic mass is 19.4. The highest BCUT2D eigenvalue weighted by Crippen LogP contribution is 2.35. The van der Waals surface area contributed by atoms with Crippen LogP contribution in [0, 0.1) is 5.92 Å². The van der Waals surface area contributed by atoms with E-state index in [1.807, 2.05) is 0 Å². The molecule has 10 heteroatoms. The van der Waals surface area contributed by atoms with Crippen molar-refractivity contribution in [3.8, 4) is 5.88 Å². The summed E-state index contributed by atoms with van der Waals surface area (Å²) in [4.78, 5) is 7.25. The van der Waals surface area contributed by atoms with Gasteiger partial charge in [-0.1, -0.05) is 6.92 Å². The fraction of sp³-hybridized carbons (Fsp3) is 0.692. The van der Waals surface area contributed by atoms with E-state index in [0.29, 0.717) is 6.20 Å². The molecular formula is C13H17F5N4O. The zero-order chi connectivity index (χ0) is 17.3. The van der Waals surface area contributed by atoms with Gasteiger partial charge < -0.3 is 15.4 Å². The molecule has 1 aliphatic rings. The van der Waals surface area contributed by atoms with E-state index in [4.69, 9.17) is 0 Å². The number of piperidine rings is 1. The smallest absolute Gasteiger partial charge is 0.423 e. The maximum absolute atomic E-state index is 13.2. The maximum atomic E-state index is 13.2. The van der Waals surface area contributed by atoms with Crippen LogP contribution in [0.1, 0.15) is 18.9 Å². The van der Waals surface area contributed by atoms with Gasteiger partial charge in [0, 0.05) is 25.2 Å². The van der Waals surface area contributed by atoms with E-state index in [9.17, 15) is 22.0 Å². The highest BCUT2D eigenvalue weighted by Gasteiger charge is 2.39. The first kappa shape index (κ1) is 17.6. The monoisotopic (exact) mass is 340 g/mol. The Morgan fingerprint density at radius 1 is 1.43 bits per heavy atom. The SMILES string of the molecule is COc1nc(NC[C@H]2NCC(F)(F)C[C@H]2C)ncc1C(F)(F)F. The summed E-state index contributed by atoms with van der Waals surface area (Å²) in [5, 5.41) is 5.46. The molecule has 130 valence electrons. The fourth-order valence-corrected chi connectivity index (χ4v) is 2.44. The summed E-state index contributed by atoms with van der Waals surface area (Å²) in [6, 6.07) is -0.258. The Labute approximate surface area is 129 Å². The van der Waals surface area contributed by atoms with E-state index in [-0.39, 0.29) is 30.9 Å². The van der Waals surface area contributed by atoms with Crippen LogP contribution in [0.2, 0.25) is 0 Å². The van der Waals surface area contributed by atoms with Gasteiger partial charge in [0.15, 0.2) is 0 Å². The Balaban J connectivity index is 2.01. The van der Waals surface area contributed by atoms with Crippen molar-refractivity contribution in [1.29, 1.82) is 0 Å². The summed E-state index contributed by atoms with van der Waals surface area (Å²) < 4.78 is 69.2. The van der Waals surface area contributed by atoms with E-state index in [2.05, 4.69) is 25.3 Å². The Kier molecular flexibility index (Phi) is 4.92. The Morgan fingerprint density at radius 3 is 2.70 bits per heavy atom. The second-order valence-electron chi connectivity index (χ2n) is 5.52. The van der Waals surface area contributed by atoms with E-state index >= 15 is 0 Å². The lowest BCUT2D eigenvalue weighted by molar-refractivity contribution is -0.139. The van der Waals surface area contributed by atoms with Crippen molar-refractivity contribution in [2.45, 2.75) is 31.5 Å². The molecule has 0 aliphatic carbocycles. The van der Waals surface area contributed by atoms with Gasteiger partial charge in [0.1, 0.15) is 5.56 Å². The van der Waals surface area contributed by atoms with Crippen LogP contribution in [0.3, 0.4) is 0 Å². The van der Waals surface area contributed by atoms with Crippen molar-refractivity contribution in [3.05, 3.63) is 11.8 Å². The largest absolute Gasteiger partial charge is 0.480 e. The third-order valence-electron chi connectivity index (χ3n) is 3.66. The van der Waals surface area contributed by atoms with Crippen LogP contribution in [0.15, 0.2) is 6.20 Å². The zero-order valence-electron chi connectivity index (χ0n) is 12.5. The van der Waals surface area contributed by atoms with Gasteiger partial charge in [0.2, 0.25) is 11.8 Å². The van der Waals surface area contributed by atoms with Gasteiger partial charge in [0.05, 0.1) is 13.7 Å². The second kappa shape index (κ2) is 6.42. The number of hydrogen-bond donors (Lipinski definition) is 2. The molecule has 0 radical (unpaired) electrons. The van der Waals surface area contributed by atoms with Crippen LogP contribution in [-0.2, 0) is 6.18 Å². The minimum Gasteiger partial charge on any atom is -0.480 e. The number of nitrogens with zero attached hydrogens (tertiary/aromatic N) is 2. The van der Waals surface area contributed by atoms with Crippen LogP contribution in [0.25, 0.3) is 0 Å². The van der Waals surface area contributed by atoms with Crippen molar-refractivity contribution in [2.75, 3.05) is 25.5 Å². The first-order valence-corrected chi connectivity index (χ1v) is 6.96. The molecule has 0 spiro atoms. The number of methoxy groups -OCH3 is 1. The van der Waals surface area contributed by atoms with Gasteiger partial charge in [0.25, 0.3) is 5.92 Å². The van der Waals surface area contributed by atoms with E-state index < -0.39 is 30.1 Å². The van der Waals surface area contributed by atoms with Crippen LogP contribution in [0.4, 0.5) is 27.9 Å². The summed E-state index contributed by atoms with van der Waals surface area (Å²) in [5.74, 6) is -3.70. The van der Waals surface area contributed by atoms with Gasteiger partial charge in [-0.25, -0.2) is 13.8 Å². The lowest BCUT2D eigenvalue weighted by atomic mass is 9.90. The molecule has 1 aromatic heterocycles. The lowest BCUT2D eigenvalue weighted by Crippen LogP contribution is -2.52. The van der Waals surface area contributed by atoms with E-state index in [0.717, 1.165) is 7.11 Å². The molecule has 0 unspecified atom stereocenters. The fourth-order valence-electron chi connectivity index (χ4n) is 2.44. The molecule has 0 saturated carbocycles. The molecule has 2 N–H and O–H groups in total. The zero-order valence-corrected chi connectivity index (χ0v) is 12.5. The average Bonchev–Trinajstić information content (AvgIpc) is 2.44. The van der Waals surface area contributed by atoms with Crippen LogP contribution in [-0.4, -0.2) is 42.1 Å². The molecule has 2 heterocycles. The predicted molar refractivity (Wildman–Crippen MR) is 72.6 cm³/mol. The highest BCUT2D eigenvalue weighted by molar-refractivity contribution is 5.35. The Bertz CT molecular complexity index is 552. The van der Waals surface area contributed by atoms with Crippen LogP contribution in [0.5, 0.6) is 5.88 Å². The number of halogens is 5. The molecule has 2 rings (SSSR count). The molecular weight excluding hydrogens is 323 g/mol. The third-order valence-corrected chi connectivity index (χ3v) is 3.66. The second-order valence-corrected chi connectivity index (χ2v) is 5.52. The summed E-state index contributed by atoms with van der Waals surface area (Å²) in [6.07, 6.45) is -4.24. The van der Waals surface area contributed by atoms with Crippen molar-refractivity contribution in [3.63, 3.8) is 0 Å². The standard InChI is InChI=1S/C13H17F5N4O/c1-7-3-12(14,15)6-21-9(7)5-20-11-19-4-8(13(16,17)18)10(22-11)23-2/h4,7,9,21H,3,5-6H2,1-2H3,(H,19,20,22)/t7-,9-/m1/s1. The number of rotatable bonds is 4. The normalized spacial score (nSPS) is 24.3. The van der Waals surface area contributed by atoms with E-state index in [1.165, 1.54) is 0 Å². The van der Waals surface area contributed by atoms with Crippen LogP contribution >= 0.6 is 0 Å². The van der Waals surface area contributed by atoms with Gasteiger partial charge >= 0.3 is 6.18 Å². The summed E-state index contributed by atoms with van der Waals surface area (Å²) in [6.45, 7) is 1.47. The summed E-state index contributed by atoms with van der Waals surface area (Å²) >= 11 is 0.